The van der Waals surface area contributed by atoms with Gasteiger partial charge < -0.3 is 9.84 Å². The van der Waals surface area contributed by atoms with Crippen LogP contribution < -0.4 is 4.74 Å². The van der Waals surface area contributed by atoms with Gasteiger partial charge in [-0.05, 0) is 31.4 Å². The Morgan fingerprint density at radius 1 is 1.15 bits per heavy atom. The minimum Gasteiger partial charge on any atom is -0.479 e. The minimum atomic E-state index is -0.931. The molecular formula is C17H26O3. The highest BCUT2D eigenvalue weighted by Gasteiger charge is 2.14. The molecule has 0 amide bonds. The molecule has 0 radical (unpaired) electrons. The summed E-state index contributed by atoms with van der Waals surface area (Å²) < 4.78 is 5.50. The number of carboxylic acids is 1. The Hall–Kier alpha value is -1.51. The second-order valence-corrected chi connectivity index (χ2v) is 5.22. The van der Waals surface area contributed by atoms with Gasteiger partial charge in [0.2, 0.25) is 0 Å². The summed E-state index contributed by atoms with van der Waals surface area (Å²) in [6.07, 6.45) is 7.68. The Morgan fingerprint density at radius 3 is 2.50 bits per heavy atom. The zero-order valence-corrected chi connectivity index (χ0v) is 12.6. The Kier molecular flexibility index (Phi) is 7.78. The maximum atomic E-state index is 10.9. The fourth-order valence-electron chi connectivity index (χ4n) is 2.16. The molecule has 0 aliphatic heterocycles. The molecule has 20 heavy (non-hydrogen) atoms. The molecule has 3 heteroatoms. The number of benzene rings is 1. The maximum absolute atomic E-state index is 10.9. The average Bonchev–Trinajstić information content (AvgIpc) is 2.44. The molecule has 0 bridgehead atoms. The highest BCUT2D eigenvalue weighted by Crippen LogP contribution is 2.22. The van der Waals surface area contributed by atoms with Gasteiger partial charge in [0.05, 0.1) is 0 Å². The van der Waals surface area contributed by atoms with Crippen LogP contribution >= 0.6 is 0 Å². The molecule has 1 atom stereocenters. The van der Waals surface area contributed by atoms with Crippen molar-refractivity contribution in [2.24, 2.45) is 0 Å². The first-order valence-electron chi connectivity index (χ1n) is 7.62. The van der Waals surface area contributed by atoms with E-state index in [0.29, 0.717) is 5.75 Å². The summed E-state index contributed by atoms with van der Waals surface area (Å²) in [7, 11) is 0. The highest BCUT2D eigenvalue weighted by molar-refractivity contribution is 5.72. The minimum absolute atomic E-state index is 0.705. The second kappa shape index (κ2) is 9.40. The third-order valence-corrected chi connectivity index (χ3v) is 3.42. The topological polar surface area (TPSA) is 46.5 Å². The van der Waals surface area contributed by atoms with E-state index in [1.165, 1.54) is 32.1 Å². The highest BCUT2D eigenvalue weighted by atomic mass is 16.5. The molecule has 0 aliphatic rings. The Bertz CT molecular complexity index is 401. The molecule has 0 spiro atoms. The third-order valence-electron chi connectivity index (χ3n) is 3.42. The van der Waals surface area contributed by atoms with Crippen molar-refractivity contribution < 1.29 is 14.6 Å². The van der Waals surface area contributed by atoms with Gasteiger partial charge in [0.25, 0.3) is 0 Å². The molecule has 0 heterocycles. The number of hydrogen-bond acceptors (Lipinski definition) is 2. The first-order chi connectivity index (χ1) is 9.65. The van der Waals surface area contributed by atoms with E-state index in [1.54, 1.807) is 6.92 Å². The number of para-hydroxylation sites is 1. The molecule has 1 aromatic carbocycles. The van der Waals surface area contributed by atoms with Crippen LogP contribution in [-0.4, -0.2) is 17.2 Å². The number of carboxylic acid groups (broad SMARTS) is 1. The van der Waals surface area contributed by atoms with Crippen LogP contribution in [0.4, 0.5) is 0 Å². The van der Waals surface area contributed by atoms with Crippen molar-refractivity contribution in [3.63, 3.8) is 0 Å². The molecule has 0 saturated heterocycles. The van der Waals surface area contributed by atoms with E-state index < -0.39 is 12.1 Å². The maximum Gasteiger partial charge on any atom is 0.344 e. The molecule has 1 N–H and O–H groups in total. The summed E-state index contributed by atoms with van der Waals surface area (Å²) in [4.78, 5) is 10.9. The van der Waals surface area contributed by atoms with Crippen molar-refractivity contribution in [1.29, 1.82) is 0 Å². The van der Waals surface area contributed by atoms with Gasteiger partial charge in [0.1, 0.15) is 5.75 Å². The predicted octanol–water partition coefficient (Wildman–Crippen LogP) is 4.44. The first-order valence-corrected chi connectivity index (χ1v) is 7.62. The van der Waals surface area contributed by atoms with E-state index in [1.807, 2.05) is 24.3 Å². The lowest BCUT2D eigenvalue weighted by Crippen LogP contribution is -2.23. The van der Waals surface area contributed by atoms with Gasteiger partial charge in [0, 0.05) is 0 Å². The van der Waals surface area contributed by atoms with Gasteiger partial charge >= 0.3 is 5.97 Å². The Labute approximate surface area is 122 Å². The largest absolute Gasteiger partial charge is 0.479 e. The Balaban J connectivity index is 2.43. The fourth-order valence-corrected chi connectivity index (χ4v) is 2.16. The number of aryl methyl sites for hydroxylation is 1. The van der Waals surface area contributed by atoms with Gasteiger partial charge in [-0.15, -0.1) is 0 Å². The van der Waals surface area contributed by atoms with Crippen molar-refractivity contribution in [3.8, 4) is 5.75 Å². The van der Waals surface area contributed by atoms with Crippen molar-refractivity contribution in [2.75, 3.05) is 0 Å². The van der Waals surface area contributed by atoms with Crippen molar-refractivity contribution in [1.82, 2.24) is 0 Å². The van der Waals surface area contributed by atoms with E-state index in [2.05, 4.69) is 6.92 Å². The predicted molar refractivity (Wildman–Crippen MR) is 81.2 cm³/mol. The third kappa shape index (κ3) is 6.09. The molecule has 1 unspecified atom stereocenters. The van der Waals surface area contributed by atoms with Crippen LogP contribution in [0, 0.1) is 0 Å². The van der Waals surface area contributed by atoms with E-state index >= 15 is 0 Å². The van der Waals surface area contributed by atoms with Crippen molar-refractivity contribution in [2.45, 2.75) is 64.9 Å². The second-order valence-electron chi connectivity index (χ2n) is 5.22. The smallest absolute Gasteiger partial charge is 0.344 e. The number of carbonyl (C=O) groups is 1. The summed E-state index contributed by atoms with van der Waals surface area (Å²) in [6, 6.07) is 7.74. The zero-order valence-electron chi connectivity index (χ0n) is 12.6. The van der Waals surface area contributed by atoms with Crippen LogP contribution in [-0.2, 0) is 11.2 Å². The number of ether oxygens (including phenoxy) is 1. The van der Waals surface area contributed by atoms with Gasteiger partial charge in [-0.2, -0.15) is 0 Å². The Morgan fingerprint density at radius 2 is 1.80 bits per heavy atom. The summed E-state index contributed by atoms with van der Waals surface area (Å²) in [5.74, 6) is -0.227. The lowest BCUT2D eigenvalue weighted by atomic mass is 10.0. The van der Waals surface area contributed by atoms with Gasteiger partial charge in [-0.3, -0.25) is 0 Å². The van der Waals surface area contributed by atoms with Crippen LogP contribution in [0.25, 0.3) is 0 Å². The molecule has 3 nitrogen and oxygen atoms in total. The zero-order chi connectivity index (χ0) is 14.8. The van der Waals surface area contributed by atoms with Gasteiger partial charge in [-0.25, -0.2) is 4.79 Å². The monoisotopic (exact) mass is 278 g/mol. The fraction of sp³-hybridized carbons (Fsp3) is 0.588. The average molecular weight is 278 g/mol. The SMILES string of the molecule is CCCCCCCCc1ccccc1OC(C)C(=O)O. The lowest BCUT2D eigenvalue weighted by molar-refractivity contribution is -0.144. The quantitative estimate of drug-likeness (QED) is 0.643. The van der Waals surface area contributed by atoms with Crippen molar-refractivity contribution in [3.05, 3.63) is 29.8 Å². The van der Waals surface area contributed by atoms with Crippen LogP contribution in [0.1, 0.15) is 57.9 Å². The first kappa shape index (κ1) is 16.5. The summed E-state index contributed by atoms with van der Waals surface area (Å²) in [5, 5.41) is 8.91. The van der Waals surface area contributed by atoms with E-state index in [0.717, 1.165) is 18.4 Å². The normalized spacial score (nSPS) is 12.1. The molecule has 0 fully saturated rings. The van der Waals surface area contributed by atoms with Crippen LogP contribution in [0.5, 0.6) is 5.75 Å². The molecule has 1 rings (SSSR count). The molecule has 1 aromatic rings. The van der Waals surface area contributed by atoms with Crippen LogP contribution in [0.3, 0.4) is 0 Å². The van der Waals surface area contributed by atoms with Gasteiger partial charge in [-0.1, -0.05) is 57.2 Å². The molecular weight excluding hydrogens is 252 g/mol. The van der Waals surface area contributed by atoms with Crippen LogP contribution in [0.2, 0.25) is 0 Å². The number of hydrogen-bond donors (Lipinski definition) is 1. The standard InChI is InChI=1S/C17H26O3/c1-3-4-5-6-7-8-11-15-12-9-10-13-16(15)20-14(2)17(18)19/h9-10,12-14H,3-8,11H2,1-2H3,(H,18,19). The van der Waals surface area contributed by atoms with Crippen LogP contribution in [0.15, 0.2) is 24.3 Å². The lowest BCUT2D eigenvalue weighted by Gasteiger charge is -2.14. The number of unbranched alkanes of at least 4 members (excludes halogenated alkanes) is 5. The number of aliphatic carboxylic acids is 1. The summed E-state index contributed by atoms with van der Waals surface area (Å²) >= 11 is 0. The molecule has 0 saturated carbocycles. The van der Waals surface area contributed by atoms with Crippen molar-refractivity contribution >= 4 is 5.97 Å². The van der Waals surface area contributed by atoms with Gasteiger partial charge in [0.15, 0.2) is 6.10 Å². The van der Waals surface area contributed by atoms with E-state index in [9.17, 15) is 4.79 Å². The number of rotatable bonds is 10. The summed E-state index contributed by atoms with van der Waals surface area (Å²) in [6.45, 7) is 3.78. The van der Waals surface area contributed by atoms with E-state index in [-0.39, 0.29) is 0 Å². The molecule has 0 aromatic heterocycles. The molecule has 112 valence electrons. The molecule has 0 aliphatic carbocycles. The summed E-state index contributed by atoms with van der Waals surface area (Å²) in [5.41, 5.74) is 1.11. The van der Waals surface area contributed by atoms with E-state index in [4.69, 9.17) is 9.84 Å².